The fraction of sp³-hybridized carbons (Fsp3) is 0.176. The van der Waals surface area contributed by atoms with E-state index in [4.69, 9.17) is 9.47 Å². The lowest BCUT2D eigenvalue weighted by atomic mass is 10.3. The first-order valence-electron chi connectivity index (χ1n) is 8.26. The van der Waals surface area contributed by atoms with Crippen LogP contribution in [-0.4, -0.2) is 45.2 Å². The third kappa shape index (κ3) is 4.49. The van der Waals surface area contributed by atoms with Crippen molar-refractivity contribution in [3.63, 3.8) is 0 Å². The Morgan fingerprint density at radius 1 is 1.07 bits per heavy atom. The van der Waals surface area contributed by atoms with Crippen LogP contribution < -0.4 is 14.2 Å². The van der Waals surface area contributed by atoms with Crippen LogP contribution in [0.15, 0.2) is 58.7 Å². The number of hydrogen-bond donors (Lipinski definition) is 1. The number of para-hydroxylation sites is 1. The molecule has 2 heterocycles. The number of sulfone groups is 1. The van der Waals surface area contributed by atoms with Gasteiger partial charge in [0.2, 0.25) is 0 Å². The van der Waals surface area contributed by atoms with E-state index in [1.165, 1.54) is 30.5 Å². The minimum absolute atomic E-state index is 0.0469. The van der Waals surface area contributed by atoms with E-state index in [9.17, 15) is 21.6 Å². The number of sulfonamides is 1. The standard InChI is InChI=1S/C17H17N3O7S2/c1-3-26-13-9-10-14-18-15(28(2,22)23)16(20(14)11-13)29(24,25)19-17(21)27-12-7-5-4-6-8-12/h4-11H,3H2,1-2H3,(H,19,21). The minimum Gasteiger partial charge on any atom is -0.492 e. The van der Waals surface area contributed by atoms with Gasteiger partial charge in [-0.25, -0.2) is 22.9 Å². The van der Waals surface area contributed by atoms with Gasteiger partial charge in [-0.15, -0.1) is 0 Å². The van der Waals surface area contributed by atoms with Crippen LogP contribution in [-0.2, 0) is 19.9 Å². The summed E-state index contributed by atoms with van der Waals surface area (Å²) in [5.41, 5.74) is 0.0469. The van der Waals surface area contributed by atoms with Gasteiger partial charge in [0.05, 0.1) is 12.8 Å². The number of hydrogen-bond acceptors (Lipinski definition) is 8. The lowest BCUT2D eigenvalue weighted by Crippen LogP contribution is -2.34. The number of nitrogens with one attached hydrogen (secondary N) is 1. The predicted molar refractivity (Wildman–Crippen MR) is 102 cm³/mol. The first-order chi connectivity index (χ1) is 13.6. The highest BCUT2D eigenvalue weighted by molar-refractivity contribution is 7.93. The number of aromatic nitrogens is 2. The summed E-state index contributed by atoms with van der Waals surface area (Å²) in [6.45, 7) is 2.04. The number of fused-ring (bicyclic) bond motifs is 1. The van der Waals surface area contributed by atoms with Gasteiger partial charge in [0, 0.05) is 6.26 Å². The van der Waals surface area contributed by atoms with E-state index in [0.29, 0.717) is 12.4 Å². The van der Waals surface area contributed by atoms with Gasteiger partial charge in [-0.1, -0.05) is 18.2 Å². The van der Waals surface area contributed by atoms with Crippen molar-refractivity contribution in [2.24, 2.45) is 0 Å². The molecule has 0 radical (unpaired) electrons. The van der Waals surface area contributed by atoms with Crippen LogP contribution in [0.2, 0.25) is 0 Å². The quantitative estimate of drug-likeness (QED) is 0.612. The maximum absolute atomic E-state index is 12.9. The topological polar surface area (TPSA) is 133 Å². The zero-order chi connectivity index (χ0) is 21.2. The van der Waals surface area contributed by atoms with E-state index in [1.54, 1.807) is 29.8 Å². The summed E-state index contributed by atoms with van der Waals surface area (Å²) in [4.78, 5) is 16.0. The normalized spacial score (nSPS) is 11.9. The van der Waals surface area contributed by atoms with E-state index in [2.05, 4.69) is 4.98 Å². The number of rotatable bonds is 6. The zero-order valence-electron chi connectivity index (χ0n) is 15.4. The molecule has 3 rings (SSSR count). The molecule has 0 saturated heterocycles. The smallest absolute Gasteiger partial charge is 0.426 e. The van der Waals surface area contributed by atoms with Crippen LogP contribution >= 0.6 is 0 Å². The Morgan fingerprint density at radius 3 is 2.38 bits per heavy atom. The number of pyridine rings is 1. The summed E-state index contributed by atoms with van der Waals surface area (Å²) in [5, 5.41) is -1.42. The Kier molecular flexibility index (Phi) is 5.48. The van der Waals surface area contributed by atoms with Gasteiger partial charge in [-0.3, -0.25) is 4.40 Å². The maximum atomic E-state index is 12.9. The van der Waals surface area contributed by atoms with Gasteiger partial charge in [0.15, 0.2) is 19.9 Å². The van der Waals surface area contributed by atoms with Crippen molar-refractivity contribution in [2.75, 3.05) is 12.9 Å². The molecule has 29 heavy (non-hydrogen) atoms. The molecule has 1 amide bonds. The molecule has 2 aromatic heterocycles. The van der Waals surface area contributed by atoms with Gasteiger partial charge in [-0.05, 0) is 31.2 Å². The molecule has 1 aromatic carbocycles. The second kappa shape index (κ2) is 7.72. The molecule has 0 aliphatic heterocycles. The summed E-state index contributed by atoms with van der Waals surface area (Å²) < 4.78 is 63.0. The molecule has 3 aromatic rings. The molecule has 12 heteroatoms. The number of benzene rings is 1. The minimum atomic E-state index is -4.67. The Balaban J connectivity index is 2.07. The SMILES string of the molecule is CCOc1ccc2nc(S(C)(=O)=O)c(S(=O)(=O)NC(=O)Oc3ccccc3)n2c1. The molecule has 0 spiro atoms. The van der Waals surface area contributed by atoms with Crippen LogP contribution in [0, 0.1) is 0 Å². The summed E-state index contributed by atoms with van der Waals surface area (Å²) in [7, 11) is -8.71. The van der Waals surface area contributed by atoms with E-state index < -0.39 is 36.0 Å². The molecule has 0 unspecified atom stereocenters. The lowest BCUT2D eigenvalue weighted by Gasteiger charge is -2.09. The highest BCUT2D eigenvalue weighted by atomic mass is 32.2. The number of carbonyl (C=O) groups is 1. The zero-order valence-corrected chi connectivity index (χ0v) is 17.0. The molecule has 154 valence electrons. The van der Waals surface area contributed by atoms with Crippen molar-refractivity contribution in [1.29, 1.82) is 0 Å². The average Bonchev–Trinajstić information content (AvgIpc) is 3.02. The van der Waals surface area contributed by atoms with Crippen LogP contribution in [0.25, 0.3) is 5.65 Å². The average molecular weight is 439 g/mol. The molecule has 0 atom stereocenters. The second-order valence-corrected chi connectivity index (χ2v) is 9.36. The molecule has 0 aliphatic rings. The van der Waals surface area contributed by atoms with E-state index >= 15 is 0 Å². The van der Waals surface area contributed by atoms with E-state index in [-0.39, 0.29) is 11.4 Å². The lowest BCUT2D eigenvalue weighted by molar-refractivity contribution is 0.206. The van der Waals surface area contributed by atoms with Crippen LogP contribution in [0.1, 0.15) is 6.92 Å². The molecule has 0 bridgehead atoms. The van der Waals surface area contributed by atoms with E-state index in [1.807, 2.05) is 0 Å². The fourth-order valence-corrected chi connectivity index (χ4v) is 4.99. The monoisotopic (exact) mass is 439 g/mol. The molecule has 0 aliphatic carbocycles. The molecule has 0 fully saturated rings. The van der Waals surface area contributed by atoms with Crippen LogP contribution in [0.3, 0.4) is 0 Å². The van der Waals surface area contributed by atoms with E-state index in [0.717, 1.165) is 10.7 Å². The Hall–Kier alpha value is -3.12. The highest BCUT2D eigenvalue weighted by Crippen LogP contribution is 2.25. The van der Waals surface area contributed by atoms with Gasteiger partial charge in [0.25, 0.3) is 10.0 Å². The second-order valence-electron chi connectivity index (χ2n) is 5.83. The van der Waals surface area contributed by atoms with Gasteiger partial charge in [-0.2, -0.15) is 8.42 Å². The molecule has 1 N–H and O–H groups in total. The highest BCUT2D eigenvalue weighted by Gasteiger charge is 2.32. The fourth-order valence-electron chi connectivity index (χ4n) is 2.49. The van der Waals surface area contributed by atoms with Crippen molar-refractivity contribution in [1.82, 2.24) is 14.1 Å². The Bertz CT molecular complexity index is 1270. The molecule has 10 nitrogen and oxygen atoms in total. The number of ether oxygens (including phenoxy) is 2. The molecular weight excluding hydrogens is 422 g/mol. The predicted octanol–water partition coefficient (Wildman–Crippen LogP) is 1.61. The van der Waals surface area contributed by atoms with Gasteiger partial charge >= 0.3 is 6.09 Å². The Morgan fingerprint density at radius 2 is 1.76 bits per heavy atom. The van der Waals surface area contributed by atoms with Crippen molar-refractivity contribution >= 4 is 31.6 Å². The summed E-state index contributed by atoms with van der Waals surface area (Å²) >= 11 is 0. The van der Waals surface area contributed by atoms with Crippen LogP contribution in [0.4, 0.5) is 4.79 Å². The van der Waals surface area contributed by atoms with Crippen molar-refractivity contribution in [2.45, 2.75) is 17.0 Å². The number of amides is 1. The third-order valence-electron chi connectivity index (χ3n) is 3.61. The van der Waals surface area contributed by atoms with Crippen molar-refractivity contribution < 1.29 is 31.1 Å². The summed E-state index contributed by atoms with van der Waals surface area (Å²) in [5.74, 6) is 0.404. The third-order valence-corrected chi connectivity index (χ3v) is 6.06. The summed E-state index contributed by atoms with van der Waals surface area (Å²) in [6.07, 6.45) is 0.795. The summed E-state index contributed by atoms with van der Waals surface area (Å²) in [6, 6.07) is 10.7. The molecule has 0 saturated carbocycles. The first-order valence-corrected chi connectivity index (χ1v) is 11.6. The number of imidazole rings is 1. The largest absolute Gasteiger partial charge is 0.492 e. The first kappa shape index (κ1) is 20.6. The van der Waals surface area contributed by atoms with Crippen molar-refractivity contribution in [3.05, 3.63) is 48.7 Å². The maximum Gasteiger partial charge on any atom is 0.426 e. The van der Waals surface area contributed by atoms with Gasteiger partial charge < -0.3 is 9.47 Å². The number of nitrogens with zero attached hydrogens (tertiary/aromatic N) is 2. The Labute approximate surface area is 167 Å². The van der Waals surface area contributed by atoms with Crippen molar-refractivity contribution in [3.8, 4) is 11.5 Å². The number of carbonyl (C=O) groups excluding carboxylic acids is 1. The van der Waals surface area contributed by atoms with Crippen LogP contribution in [0.5, 0.6) is 11.5 Å². The van der Waals surface area contributed by atoms with Gasteiger partial charge in [0.1, 0.15) is 17.1 Å². The molecular formula is C17H17N3O7S2.